The fraction of sp³-hybridized carbons (Fsp3) is 0.333. The van der Waals surface area contributed by atoms with E-state index in [1.807, 2.05) is 37.3 Å². The molecule has 3 heterocycles. The molecule has 1 N–H and O–H groups in total. The first-order valence-electron chi connectivity index (χ1n) is 8.55. The van der Waals surface area contributed by atoms with Crippen LogP contribution >= 0.6 is 0 Å². The van der Waals surface area contributed by atoms with Crippen LogP contribution < -0.4 is 5.32 Å². The third kappa shape index (κ3) is 3.11. The third-order valence-electron chi connectivity index (χ3n) is 4.58. The van der Waals surface area contributed by atoms with Crippen LogP contribution in [0.2, 0.25) is 0 Å². The van der Waals surface area contributed by atoms with E-state index in [1.165, 1.54) is 10.9 Å². The number of hydrogen-bond donors (Lipinski definition) is 1. The van der Waals surface area contributed by atoms with Gasteiger partial charge in [0.1, 0.15) is 0 Å². The molecule has 1 saturated heterocycles. The Balaban J connectivity index is 1.55. The van der Waals surface area contributed by atoms with Crippen LogP contribution in [0, 0.1) is 6.92 Å². The minimum atomic E-state index is -0.350. The Morgan fingerprint density at radius 3 is 2.77 bits per heavy atom. The van der Waals surface area contributed by atoms with Crippen molar-refractivity contribution in [2.75, 3.05) is 18.5 Å². The number of hydrogen-bond acceptors (Lipinski definition) is 6. The maximum absolute atomic E-state index is 12.7. The second kappa shape index (κ2) is 7.09. The van der Waals surface area contributed by atoms with E-state index in [0.717, 1.165) is 43.0 Å². The molecule has 26 heavy (non-hydrogen) atoms. The molecule has 0 spiro atoms. The van der Waals surface area contributed by atoms with Crippen LogP contribution in [-0.2, 0) is 4.74 Å². The molecule has 8 nitrogen and oxygen atoms in total. The number of carbonyl (C=O) groups excluding carboxylic acids is 1. The van der Waals surface area contributed by atoms with Crippen molar-refractivity contribution in [2.45, 2.75) is 25.7 Å². The Morgan fingerprint density at radius 1 is 1.23 bits per heavy atom. The first kappa shape index (κ1) is 16.5. The van der Waals surface area contributed by atoms with E-state index in [4.69, 9.17) is 9.26 Å². The summed E-state index contributed by atoms with van der Waals surface area (Å²) in [5.41, 5.74) is 2.81. The van der Waals surface area contributed by atoms with Gasteiger partial charge in [-0.25, -0.2) is 4.68 Å². The summed E-state index contributed by atoms with van der Waals surface area (Å²) in [6.07, 6.45) is 3.24. The summed E-state index contributed by atoms with van der Waals surface area (Å²) in [5, 5.41) is 14.8. The number of para-hydroxylation sites is 1. The Kier molecular flexibility index (Phi) is 4.49. The number of amides is 1. The average molecular weight is 353 g/mol. The number of aromatic nitrogens is 4. The molecule has 3 aromatic rings. The summed E-state index contributed by atoms with van der Waals surface area (Å²) in [5.74, 6) is 0.309. The summed E-state index contributed by atoms with van der Waals surface area (Å²) >= 11 is 0. The lowest BCUT2D eigenvalue weighted by Gasteiger charge is -2.20. The van der Waals surface area contributed by atoms with E-state index in [1.54, 1.807) is 0 Å². The van der Waals surface area contributed by atoms with Crippen molar-refractivity contribution in [3.63, 3.8) is 0 Å². The Hall–Kier alpha value is -3.00. The monoisotopic (exact) mass is 353 g/mol. The maximum atomic E-state index is 12.7. The highest BCUT2D eigenvalue weighted by Gasteiger charge is 2.25. The summed E-state index contributed by atoms with van der Waals surface area (Å²) in [7, 11) is 0. The van der Waals surface area contributed by atoms with Crippen molar-refractivity contribution >= 4 is 11.8 Å². The standard InChI is InChI=1S/C18H19N5O3/c1-12-16(13-7-9-25-10-8-13)21-26-18(12)20-17(24)15-11-19-22-23(15)14-5-3-2-4-6-14/h2-6,11,13H,7-10H2,1H3,(H,20,24). The first-order valence-corrected chi connectivity index (χ1v) is 8.55. The Labute approximate surface area is 150 Å². The summed E-state index contributed by atoms with van der Waals surface area (Å²) < 4.78 is 12.3. The van der Waals surface area contributed by atoms with Gasteiger partial charge in [-0.1, -0.05) is 28.6 Å². The van der Waals surface area contributed by atoms with Gasteiger partial charge in [-0.2, -0.15) is 0 Å². The molecule has 4 rings (SSSR count). The predicted octanol–water partition coefficient (Wildman–Crippen LogP) is 2.71. The minimum absolute atomic E-state index is 0.301. The zero-order valence-corrected chi connectivity index (χ0v) is 14.4. The molecule has 134 valence electrons. The quantitative estimate of drug-likeness (QED) is 0.775. The van der Waals surface area contributed by atoms with Crippen molar-refractivity contribution in [1.29, 1.82) is 0 Å². The van der Waals surface area contributed by atoms with E-state index in [2.05, 4.69) is 20.8 Å². The van der Waals surface area contributed by atoms with E-state index in [-0.39, 0.29) is 5.91 Å². The number of nitrogens with one attached hydrogen (secondary N) is 1. The lowest BCUT2D eigenvalue weighted by molar-refractivity contribution is 0.0837. The van der Waals surface area contributed by atoms with Crippen LogP contribution in [0.4, 0.5) is 5.88 Å². The van der Waals surface area contributed by atoms with E-state index < -0.39 is 0 Å². The minimum Gasteiger partial charge on any atom is -0.381 e. The van der Waals surface area contributed by atoms with Gasteiger partial charge in [0.15, 0.2) is 5.69 Å². The van der Waals surface area contributed by atoms with Gasteiger partial charge < -0.3 is 9.26 Å². The summed E-state index contributed by atoms with van der Waals surface area (Å²) in [4.78, 5) is 12.7. The molecular weight excluding hydrogens is 334 g/mol. The number of anilines is 1. The molecule has 0 radical (unpaired) electrons. The predicted molar refractivity (Wildman–Crippen MR) is 93.3 cm³/mol. The van der Waals surface area contributed by atoms with Crippen molar-refractivity contribution in [2.24, 2.45) is 0 Å². The highest BCUT2D eigenvalue weighted by atomic mass is 16.5. The van der Waals surface area contributed by atoms with Gasteiger partial charge in [-0.15, -0.1) is 5.10 Å². The van der Waals surface area contributed by atoms with Crippen LogP contribution in [-0.4, -0.2) is 39.3 Å². The average Bonchev–Trinajstić information content (AvgIpc) is 3.31. The molecule has 0 bridgehead atoms. The smallest absolute Gasteiger partial charge is 0.278 e. The van der Waals surface area contributed by atoms with Gasteiger partial charge in [0.2, 0.25) is 5.88 Å². The molecule has 0 unspecified atom stereocenters. The van der Waals surface area contributed by atoms with Crippen LogP contribution in [0.3, 0.4) is 0 Å². The van der Waals surface area contributed by atoms with E-state index in [9.17, 15) is 4.79 Å². The second-order valence-electron chi connectivity index (χ2n) is 6.23. The zero-order chi connectivity index (χ0) is 17.9. The Morgan fingerprint density at radius 2 is 2.00 bits per heavy atom. The van der Waals surface area contributed by atoms with Crippen molar-refractivity contribution in [1.82, 2.24) is 20.2 Å². The Bertz CT molecular complexity index is 897. The molecule has 0 saturated carbocycles. The zero-order valence-electron chi connectivity index (χ0n) is 14.4. The number of rotatable bonds is 4. The van der Waals surface area contributed by atoms with E-state index >= 15 is 0 Å². The van der Waals surface area contributed by atoms with Crippen molar-refractivity contribution in [3.05, 3.63) is 53.5 Å². The molecule has 2 aromatic heterocycles. The fourth-order valence-corrected chi connectivity index (χ4v) is 3.13. The molecule has 1 aliphatic rings. The lowest BCUT2D eigenvalue weighted by Crippen LogP contribution is -2.17. The molecule has 1 aromatic carbocycles. The van der Waals surface area contributed by atoms with Crippen LogP contribution in [0.5, 0.6) is 0 Å². The molecular formula is C18H19N5O3. The summed E-state index contributed by atoms with van der Waals surface area (Å²) in [6.45, 7) is 3.35. The molecule has 1 aliphatic heterocycles. The van der Waals surface area contributed by atoms with Gasteiger partial charge in [0, 0.05) is 24.7 Å². The normalized spacial score (nSPS) is 15.1. The lowest BCUT2D eigenvalue weighted by atomic mass is 9.94. The molecule has 8 heteroatoms. The number of nitrogens with zero attached hydrogens (tertiary/aromatic N) is 4. The first-order chi connectivity index (χ1) is 12.7. The van der Waals surface area contributed by atoms with Gasteiger partial charge in [0.05, 0.1) is 17.6 Å². The largest absolute Gasteiger partial charge is 0.381 e. The fourth-order valence-electron chi connectivity index (χ4n) is 3.13. The summed E-state index contributed by atoms with van der Waals surface area (Å²) in [6, 6.07) is 9.36. The highest BCUT2D eigenvalue weighted by molar-refractivity contribution is 6.02. The topological polar surface area (TPSA) is 95.1 Å². The molecule has 0 aliphatic carbocycles. The van der Waals surface area contributed by atoms with Gasteiger partial charge in [-0.3, -0.25) is 10.1 Å². The highest BCUT2D eigenvalue weighted by Crippen LogP contribution is 2.31. The van der Waals surface area contributed by atoms with Crippen LogP contribution in [0.1, 0.15) is 40.5 Å². The van der Waals surface area contributed by atoms with Crippen molar-refractivity contribution in [3.8, 4) is 5.69 Å². The van der Waals surface area contributed by atoms with Gasteiger partial charge >= 0.3 is 0 Å². The second-order valence-corrected chi connectivity index (χ2v) is 6.23. The molecule has 0 atom stereocenters. The number of benzene rings is 1. The van der Waals surface area contributed by atoms with Crippen LogP contribution in [0.15, 0.2) is 41.1 Å². The van der Waals surface area contributed by atoms with E-state index in [0.29, 0.717) is 17.5 Å². The SMILES string of the molecule is Cc1c(C2CCOCC2)noc1NC(=O)c1cnnn1-c1ccccc1. The third-order valence-corrected chi connectivity index (χ3v) is 4.58. The van der Waals surface area contributed by atoms with Gasteiger partial charge in [0.25, 0.3) is 5.91 Å². The van der Waals surface area contributed by atoms with Gasteiger partial charge in [-0.05, 0) is 31.9 Å². The van der Waals surface area contributed by atoms with Crippen molar-refractivity contribution < 1.29 is 14.1 Å². The molecule has 1 amide bonds. The maximum Gasteiger partial charge on any atom is 0.278 e. The number of ether oxygens (including phenoxy) is 1. The number of carbonyl (C=O) groups is 1. The van der Waals surface area contributed by atoms with Crippen LogP contribution in [0.25, 0.3) is 5.69 Å². The molecule has 1 fully saturated rings.